The summed E-state index contributed by atoms with van der Waals surface area (Å²) < 4.78 is 15.9. The lowest BCUT2D eigenvalue weighted by Crippen LogP contribution is -2.11. The lowest BCUT2D eigenvalue weighted by molar-refractivity contribution is 0.0764. The van der Waals surface area contributed by atoms with Gasteiger partial charge in [0.25, 0.3) is 0 Å². The first-order valence-electron chi connectivity index (χ1n) is 6.73. The van der Waals surface area contributed by atoms with Crippen molar-refractivity contribution in [1.29, 1.82) is 0 Å². The molecule has 1 aliphatic rings. The second kappa shape index (κ2) is 6.37. The highest BCUT2D eigenvalue weighted by molar-refractivity contribution is 5.97. The van der Waals surface area contributed by atoms with Crippen molar-refractivity contribution in [3.8, 4) is 11.5 Å². The normalized spacial score (nSPS) is 12.4. The summed E-state index contributed by atoms with van der Waals surface area (Å²) in [7, 11) is 0. The van der Waals surface area contributed by atoms with Crippen molar-refractivity contribution in [1.82, 2.24) is 4.98 Å². The number of aromatic nitrogens is 1. The van der Waals surface area contributed by atoms with E-state index in [1.807, 2.05) is 18.2 Å². The fraction of sp³-hybridized carbons (Fsp3) is 0.250. The van der Waals surface area contributed by atoms with E-state index in [0.29, 0.717) is 30.1 Å². The number of rotatable bonds is 6. The van der Waals surface area contributed by atoms with Crippen LogP contribution in [0.25, 0.3) is 0 Å². The maximum atomic E-state index is 12.0. The van der Waals surface area contributed by atoms with Crippen LogP contribution in [0, 0.1) is 0 Å². The Kier molecular flexibility index (Phi) is 4.12. The van der Waals surface area contributed by atoms with Crippen molar-refractivity contribution in [2.45, 2.75) is 6.42 Å². The summed E-state index contributed by atoms with van der Waals surface area (Å²) in [6.07, 6.45) is 2.43. The van der Waals surface area contributed by atoms with E-state index in [9.17, 15) is 4.79 Å². The number of Topliss-reactive ketones (excluding diaryl/α,β-unsaturated/α-hetero) is 1. The Morgan fingerprint density at radius 3 is 2.95 bits per heavy atom. The molecular formula is C16H15NO4. The Balaban J connectivity index is 1.48. The summed E-state index contributed by atoms with van der Waals surface area (Å²) in [6, 6.07) is 10.9. The van der Waals surface area contributed by atoms with E-state index in [1.165, 1.54) is 0 Å². The van der Waals surface area contributed by atoms with Gasteiger partial charge in [0.1, 0.15) is 6.61 Å². The van der Waals surface area contributed by atoms with Gasteiger partial charge in [-0.25, -0.2) is 0 Å². The van der Waals surface area contributed by atoms with E-state index in [-0.39, 0.29) is 19.2 Å². The standard InChI is InChI=1S/C16H15NO4/c18-14(10-19-8-6-13-3-1-2-7-17-13)12-4-5-15-16(9-12)21-11-20-15/h1-5,7,9H,6,8,10-11H2. The maximum absolute atomic E-state index is 12.0. The van der Waals surface area contributed by atoms with Crippen LogP contribution in [0.4, 0.5) is 0 Å². The number of carbonyl (C=O) groups excluding carboxylic acids is 1. The monoisotopic (exact) mass is 285 g/mol. The minimum atomic E-state index is -0.0747. The average Bonchev–Trinajstić information content (AvgIpc) is 3.00. The predicted octanol–water partition coefficient (Wildman–Crippen LogP) is 2.25. The smallest absolute Gasteiger partial charge is 0.231 e. The molecule has 1 aromatic carbocycles. The van der Waals surface area contributed by atoms with Gasteiger partial charge in [0.2, 0.25) is 6.79 Å². The third-order valence-corrected chi connectivity index (χ3v) is 3.16. The third kappa shape index (κ3) is 3.38. The van der Waals surface area contributed by atoms with Crippen molar-refractivity contribution >= 4 is 5.78 Å². The molecular weight excluding hydrogens is 270 g/mol. The number of ketones is 1. The van der Waals surface area contributed by atoms with Gasteiger partial charge in [-0.15, -0.1) is 0 Å². The first-order chi connectivity index (χ1) is 10.3. The van der Waals surface area contributed by atoms with E-state index < -0.39 is 0 Å². The summed E-state index contributed by atoms with van der Waals surface area (Å²) in [5.41, 5.74) is 1.52. The van der Waals surface area contributed by atoms with Crippen LogP contribution in [0.1, 0.15) is 16.1 Å². The molecule has 108 valence electrons. The molecule has 3 rings (SSSR count). The van der Waals surface area contributed by atoms with Gasteiger partial charge in [-0.3, -0.25) is 9.78 Å². The first-order valence-corrected chi connectivity index (χ1v) is 6.73. The van der Waals surface area contributed by atoms with Crippen LogP contribution in [-0.4, -0.2) is 30.8 Å². The van der Waals surface area contributed by atoms with Crippen LogP contribution in [-0.2, 0) is 11.2 Å². The second-order valence-electron chi connectivity index (χ2n) is 4.61. The quantitative estimate of drug-likeness (QED) is 0.602. The molecule has 1 aromatic heterocycles. The molecule has 0 unspecified atom stereocenters. The molecule has 0 fully saturated rings. The SMILES string of the molecule is O=C(COCCc1ccccn1)c1ccc2c(c1)OCO2. The predicted molar refractivity (Wildman–Crippen MR) is 75.7 cm³/mol. The molecule has 2 aromatic rings. The van der Waals surface area contributed by atoms with Crippen molar-refractivity contribution in [3.63, 3.8) is 0 Å². The molecule has 21 heavy (non-hydrogen) atoms. The number of ether oxygens (including phenoxy) is 3. The number of fused-ring (bicyclic) bond motifs is 1. The van der Waals surface area contributed by atoms with Gasteiger partial charge in [-0.05, 0) is 30.3 Å². The summed E-state index contributed by atoms with van der Waals surface area (Å²) >= 11 is 0. The van der Waals surface area contributed by atoms with Gasteiger partial charge in [0.05, 0.1) is 6.61 Å². The molecule has 1 aliphatic heterocycles. The van der Waals surface area contributed by atoms with E-state index >= 15 is 0 Å². The van der Waals surface area contributed by atoms with Gasteiger partial charge < -0.3 is 14.2 Å². The van der Waals surface area contributed by atoms with Gasteiger partial charge in [-0.1, -0.05) is 6.07 Å². The highest BCUT2D eigenvalue weighted by atomic mass is 16.7. The molecule has 5 nitrogen and oxygen atoms in total. The van der Waals surface area contributed by atoms with Crippen LogP contribution in [0.15, 0.2) is 42.6 Å². The summed E-state index contributed by atoms with van der Waals surface area (Å²) in [5.74, 6) is 1.20. The summed E-state index contributed by atoms with van der Waals surface area (Å²) in [4.78, 5) is 16.2. The lowest BCUT2D eigenvalue weighted by atomic mass is 10.1. The van der Waals surface area contributed by atoms with Crippen molar-refractivity contribution in [2.75, 3.05) is 20.0 Å². The van der Waals surface area contributed by atoms with Crippen LogP contribution in [0.5, 0.6) is 11.5 Å². The minimum Gasteiger partial charge on any atom is -0.454 e. The Morgan fingerprint density at radius 1 is 1.19 bits per heavy atom. The van der Waals surface area contributed by atoms with Gasteiger partial charge in [-0.2, -0.15) is 0 Å². The molecule has 0 saturated carbocycles. The highest BCUT2D eigenvalue weighted by Crippen LogP contribution is 2.32. The Hall–Kier alpha value is -2.40. The van der Waals surface area contributed by atoms with Crippen LogP contribution >= 0.6 is 0 Å². The average molecular weight is 285 g/mol. The van der Waals surface area contributed by atoms with E-state index in [4.69, 9.17) is 14.2 Å². The van der Waals surface area contributed by atoms with Crippen LogP contribution in [0.3, 0.4) is 0 Å². The second-order valence-corrected chi connectivity index (χ2v) is 4.61. The largest absolute Gasteiger partial charge is 0.454 e. The molecule has 0 amide bonds. The zero-order valence-electron chi connectivity index (χ0n) is 11.5. The van der Waals surface area contributed by atoms with E-state index in [0.717, 1.165) is 5.69 Å². The zero-order valence-corrected chi connectivity index (χ0v) is 11.5. The van der Waals surface area contributed by atoms with Crippen molar-refractivity contribution in [2.24, 2.45) is 0 Å². The van der Waals surface area contributed by atoms with Gasteiger partial charge >= 0.3 is 0 Å². The molecule has 2 heterocycles. The van der Waals surface area contributed by atoms with Gasteiger partial charge in [0, 0.05) is 23.9 Å². The first kappa shape index (κ1) is 13.6. The number of nitrogens with zero attached hydrogens (tertiary/aromatic N) is 1. The number of carbonyl (C=O) groups is 1. The summed E-state index contributed by atoms with van der Waals surface area (Å²) in [6.45, 7) is 0.716. The maximum Gasteiger partial charge on any atom is 0.231 e. The number of hydrogen-bond donors (Lipinski definition) is 0. The molecule has 0 N–H and O–H groups in total. The molecule has 0 aliphatic carbocycles. The number of pyridine rings is 1. The minimum absolute atomic E-state index is 0.0481. The molecule has 0 atom stereocenters. The lowest BCUT2D eigenvalue weighted by Gasteiger charge is -2.04. The Bertz CT molecular complexity index is 627. The van der Waals surface area contributed by atoms with E-state index in [1.54, 1.807) is 24.4 Å². The fourth-order valence-electron chi connectivity index (χ4n) is 2.04. The molecule has 5 heteroatoms. The highest BCUT2D eigenvalue weighted by Gasteiger charge is 2.16. The van der Waals surface area contributed by atoms with Crippen LogP contribution in [0.2, 0.25) is 0 Å². The number of hydrogen-bond acceptors (Lipinski definition) is 5. The Morgan fingerprint density at radius 2 is 2.10 bits per heavy atom. The fourth-order valence-corrected chi connectivity index (χ4v) is 2.04. The molecule has 0 bridgehead atoms. The topological polar surface area (TPSA) is 57.7 Å². The molecule has 0 radical (unpaired) electrons. The Labute approximate surface area is 122 Å². The van der Waals surface area contributed by atoms with Crippen molar-refractivity contribution < 1.29 is 19.0 Å². The third-order valence-electron chi connectivity index (χ3n) is 3.16. The number of benzene rings is 1. The zero-order chi connectivity index (χ0) is 14.5. The summed E-state index contributed by atoms with van der Waals surface area (Å²) in [5, 5.41) is 0. The molecule has 0 spiro atoms. The van der Waals surface area contributed by atoms with Gasteiger partial charge in [0.15, 0.2) is 17.3 Å². The van der Waals surface area contributed by atoms with E-state index in [2.05, 4.69) is 4.98 Å². The van der Waals surface area contributed by atoms with Crippen LogP contribution < -0.4 is 9.47 Å². The van der Waals surface area contributed by atoms with Crippen molar-refractivity contribution in [3.05, 3.63) is 53.9 Å². The molecule has 0 saturated heterocycles.